The van der Waals surface area contributed by atoms with Crippen molar-refractivity contribution >= 4 is 11.0 Å². The second kappa shape index (κ2) is 9.45. The second-order valence-corrected chi connectivity index (χ2v) is 5.99. The number of rotatable bonds is 7. The summed E-state index contributed by atoms with van der Waals surface area (Å²) in [6.07, 6.45) is 1.39. The van der Waals surface area contributed by atoms with E-state index in [0.717, 1.165) is 0 Å². The first-order valence-electron chi connectivity index (χ1n) is 8.52. The van der Waals surface area contributed by atoms with Crippen molar-refractivity contribution in [1.82, 2.24) is 0 Å². The highest BCUT2D eigenvalue weighted by Crippen LogP contribution is 2.32. The lowest BCUT2D eigenvalue weighted by Gasteiger charge is -2.11. The van der Waals surface area contributed by atoms with Crippen molar-refractivity contribution in [3.05, 3.63) is 52.4 Å². The van der Waals surface area contributed by atoms with Gasteiger partial charge in [-0.15, -0.1) is 0 Å². The number of nitrogens with two attached hydrogens (primary N) is 1. The van der Waals surface area contributed by atoms with Crippen molar-refractivity contribution in [2.24, 2.45) is 0 Å². The number of aliphatic hydroxyl groups is 1. The Morgan fingerprint density at radius 2 is 1.86 bits per heavy atom. The molecule has 0 aliphatic rings. The van der Waals surface area contributed by atoms with Crippen molar-refractivity contribution in [3.63, 3.8) is 0 Å². The van der Waals surface area contributed by atoms with E-state index in [9.17, 15) is 9.90 Å². The van der Waals surface area contributed by atoms with Crippen LogP contribution in [0.1, 0.15) is 5.56 Å². The minimum atomic E-state index is -0.202. The van der Waals surface area contributed by atoms with E-state index < -0.39 is 0 Å². The Labute approximate surface area is 167 Å². The third kappa shape index (κ3) is 4.06. The standard InChI is InChI=1S/C20H21NO6.ClH/c1-25-17-6-3-12(9-18(17)26-2)15-11-27-20-13(19(15)24)4-5-16(23)14(20)10-21-7-8-22;/h3-6,9,11,21-23H,7-8,10H2,1-2H3;1H. The van der Waals surface area contributed by atoms with Crippen LogP contribution in [0.4, 0.5) is 0 Å². The quantitative estimate of drug-likeness (QED) is 0.401. The van der Waals surface area contributed by atoms with E-state index in [2.05, 4.69) is 0 Å². The fraction of sp³-hybridized carbons (Fsp3) is 0.250. The number of benzene rings is 2. The van der Waals surface area contributed by atoms with Gasteiger partial charge < -0.3 is 41.8 Å². The summed E-state index contributed by atoms with van der Waals surface area (Å²) in [5.41, 5.74) is 1.70. The van der Waals surface area contributed by atoms with Gasteiger partial charge in [0.25, 0.3) is 0 Å². The number of aromatic hydroxyl groups is 1. The van der Waals surface area contributed by atoms with E-state index >= 15 is 0 Å². The van der Waals surface area contributed by atoms with Gasteiger partial charge in [0.15, 0.2) is 11.5 Å². The number of quaternary nitrogens is 1. The number of phenolic OH excluding ortho intramolecular Hbond substituents is 1. The minimum Gasteiger partial charge on any atom is -1.00 e. The predicted molar refractivity (Wildman–Crippen MR) is 100 cm³/mol. The van der Waals surface area contributed by atoms with Gasteiger partial charge in [0.05, 0.1) is 43.9 Å². The zero-order valence-electron chi connectivity index (χ0n) is 15.6. The summed E-state index contributed by atoms with van der Waals surface area (Å²) >= 11 is 0. The monoisotopic (exact) mass is 407 g/mol. The lowest BCUT2D eigenvalue weighted by atomic mass is 10.0. The van der Waals surface area contributed by atoms with Gasteiger partial charge in [0.1, 0.15) is 24.1 Å². The molecule has 0 radical (unpaired) electrons. The smallest absolute Gasteiger partial charge is 0.200 e. The maximum absolute atomic E-state index is 13.0. The number of phenols is 1. The van der Waals surface area contributed by atoms with Crippen LogP contribution in [0.2, 0.25) is 0 Å². The van der Waals surface area contributed by atoms with E-state index in [4.69, 9.17) is 19.0 Å². The van der Waals surface area contributed by atoms with Crippen LogP contribution in [0.5, 0.6) is 17.2 Å². The normalized spacial score (nSPS) is 10.5. The molecule has 0 atom stereocenters. The largest absolute Gasteiger partial charge is 1.00 e. The van der Waals surface area contributed by atoms with Crippen LogP contribution < -0.4 is 32.6 Å². The number of ether oxygens (including phenoxy) is 2. The van der Waals surface area contributed by atoms with Crippen LogP contribution in [0.25, 0.3) is 22.1 Å². The maximum Gasteiger partial charge on any atom is 0.200 e. The van der Waals surface area contributed by atoms with E-state index in [1.165, 1.54) is 19.4 Å². The molecule has 0 spiro atoms. The molecule has 1 aromatic heterocycles. The van der Waals surface area contributed by atoms with Crippen LogP contribution in [0.3, 0.4) is 0 Å². The molecule has 0 bridgehead atoms. The summed E-state index contributed by atoms with van der Waals surface area (Å²) < 4.78 is 16.3. The number of aliphatic hydroxyl groups excluding tert-OH is 1. The summed E-state index contributed by atoms with van der Waals surface area (Å²) in [6, 6.07) is 8.24. The van der Waals surface area contributed by atoms with Crippen molar-refractivity contribution in [3.8, 4) is 28.4 Å². The van der Waals surface area contributed by atoms with Crippen LogP contribution in [0, 0.1) is 0 Å². The van der Waals surface area contributed by atoms with Crippen molar-refractivity contribution in [1.29, 1.82) is 0 Å². The molecule has 28 heavy (non-hydrogen) atoms. The van der Waals surface area contributed by atoms with Gasteiger partial charge in [-0.05, 0) is 29.8 Å². The highest BCUT2D eigenvalue weighted by Gasteiger charge is 2.17. The van der Waals surface area contributed by atoms with Crippen LogP contribution in [0.15, 0.2) is 45.8 Å². The molecule has 7 nitrogen and oxygen atoms in total. The van der Waals surface area contributed by atoms with Crippen LogP contribution in [-0.2, 0) is 6.54 Å². The Kier molecular flexibility index (Phi) is 7.28. The number of halogens is 1. The molecular formula is C20H22ClNO6. The van der Waals surface area contributed by atoms with Crippen molar-refractivity contribution < 1.29 is 41.8 Å². The number of hydrogen-bond acceptors (Lipinski definition) is 6. The second-order valence-electron chi connectivity index (χ2n) is 5.99. The predicted octanol–water partition coefficient (Wildman–Crippen LogP) is -1.76. The van der Waals surface area contributed by atoms with E-state index in [0.29, 0.717) is 52.2 Å². The fourth-order valence-corrected chi connectivity index (χ4v) is 2.99. The third-order valence-electron chi connectivity index (χ3n) is 4.40. The molecule has 0 saturated heterocycles. The molecule has 0 amide bonds. The lowest BCUT2D eigenvalue weighted by Crippen LogP contribution is -3.00. The third-order valence-corrected chi connectivity index (χ3v) is 4.40. The van der Waals surface area contributed by atoms with Gasteiger partial charge in [0, 0.05) is 0 Å². The molecule has 3 rings (SSSR count). The summed E-state index contributed by atoms with van der Waals surface area (Å²) in [4.78, 5) is 13.0. The highest BCUT2D eigenvalue weighted by molar-refractivity contribution is 5.85. The average molecular weight is 408 g/mol. The molecule has 2 aromatic carbocycles. The topological polar surface area (TPSA) is 106 Å². The van der Waals surface area contributed by atoms with Gasteiger partial charge >= 0.3 is 0 Å². The van der Waals surface area contributed by atoms with Crippen molar-refractivity contribution in [2.45, 2.75) is 6.54 Å². The first-order valence-corrected chi connectivity index (χ1v) is 8.52. The number of hydrogen-bond donors (Lipinski definition) is 3. The van der Waals surface area contributed by atoms with Gasteiger partial charge in [-0.1, -0.05) is 6.07 Å². The van der Waals surface area contributed by atoms with Gasteiger partial charge in [-0.3, -0.25) is 4.79 Å². The van der Waals surface area contributed by atoms with Crippen LogP contribution >= 0.6 is 0 Å². The Hall–Kier alpha value is -2.74. The molecule has 1 heterocycles. The first-order chi connectivity index (χ1) is 13.1. The lowest BCUT2D eigenvalue weighted by molar-refractivity contribution is -0.671. The maximum atomic E-state index is 13.0. The molecule has 150 valence electrons. The molecular weight excluding hydrogens is 386 g/mol. The zero-order chi connectivity index (χ0) is 19.4. The highest BCUT2D eigenvalue weighted by atomic mass is 35.5. The Balaban J connectivity index is 0.00000280. The molecule has 0 aliphatic heterocycles. The Bertz CT molecular complexity index is 1020. The first kappa shape index (κ1) is 21.6. The average Bonchev–Trinajstić information content (AvgIpc) is 2.69. The van der Waals surface area contributed by atoms with E-state index in [1.807, 2.05) is 5.32 Å². The molecule has 8 heteroatoms. The van der Waals surface area contributed by atoms with Gasteiger partial charge in [0.2, 0.25) is 5.43 Å². The summed E-state index contributed by atoms with van der Waals surface area (Å²) in [5, 5.41) is 21.3. The number of methoxy groups -OCH3 is 2. The molecule has 0 fully saturated rings. The fourth-order valence-electron chi connectivity index (χ4n) is 2.99. The van der Waals surface area contributed by atoms with E-state index in [-0.39, 0.29) is 30.2 Å². The minimum absolute atomic E-state index is 0. The Morgan fingerprint density at radius 1 is 1.11 bits per heavy atom. The molecule has 0 saturated carbocycles. The molecule has 0 aliphatic carbocycles. The van der Waals surface area contributed by atoms with Crippen molar-refractivity contribution in [2.75, 3.05) is 27.4 Å². The SMILES string of the molecule is COc1ccc(-c2coc3c(C[NH2+]CCO)c(O)ccc3c2=O)cc1OC.[Cl-]. The molecule has 3 aromatic rings. The summed E-state index contributed by atoms with van der Waals surface area (Å²) in [7, 11) is 3.08. The number of fused-ring (bicyclic) bond motifs is 1. The summed E-state index contributed by atoms with van der Waals surface area (Å²) in [6.45, 7) is 0.908. The Morgan fingerprint density at radius 3 is 2.54 bits per heavy atom. The van der Waals surface area contributed by atoms with Crippen LogP contribution in [-0.4, -0.2) is 37.6 Å². The summed E-state index contributed by atoms with van der Waals surface area (Å²) in [5.74, 6) is 1.14. The molecule has 0 unspecified atom stereocenters. The van der Waals surface area contributed by atoms with Gasteiger partial charge in [-0.25, -0.2) is 0 Å². The van der Waals surface area contributed by atoms with Gasteiger partial charge in [-0.2, -0.15) is 0 Å². The molecule has 4 N–H and O–H groups in total. The van der Waals surface area contributed by atoms with E-state index in [1.54, 1.807) is 31.4 Å². The zero-order valence-corrected chi connectivity index (χ0v) is 16.3.